The predicted molar refractivity (Wildman–Crippen MR) is 93.8 cm³/mol. The fraction of sp³-hybridized carbons (Fsp3) is 0.105. The van der Waals surface area contributed by atoms with Crippen LogP contribution in [0.25, 0.3) is 22.7 Å². The second-order valence-electron chi connectivity index (χ2n) is 5.33. The van der Waals surface area contributed by atoms with Crippen LogP contribution in [-0.4, -0.2) is 27.7 Å². The van der Waals surface area contributed by atoms with E-state index in [0.717, 1.165) is 16.6 Å². The zero-order valence-corrected chi connectivity index (χ0v) is 13.3. The molecule has 0 unspecified atom stereocenters. The van der Waals surface area contributed by atoms with Crippen molar-refractivity contribution in [3.63, 3.8) is 0 Å². The fourth-order valence-corrected chi connectivity index (χ4v) is 2.32. The fourth-order valence-electron chi connectivity index (χ4n) is 2.32. The molecule has 0 fully saturated rings. The van der Waals surface area contributed by atoms with Gasteiger partial charge in [-0.15, -0.1) is 0 Å². The summed E-state index contributed by atoms with van der Waals surface area (Å²) in [5.74, 6) is 0.204. The van der Waals surface area contributed by atoms with Crippen molar-refractivity contribution in [1.82, 2.24) is 9.97 Å². The number of carboxylic acids is 1. The Morgan fingerprint density at radius 3 is 2.68 bits per heavy atom. The number of H-pyrrole nitrogens is 1. The summed E-state index contributed by atoms with van der Waals surface area (Å²) in [6, 6.07) is 16.8. The average Bonchev–Trinajstić information content (AvgIpc) is 3.04. The highest BCUT2D eigenvalue weighted by Crippen LogP contribution is 2.20. The van der Waals surface area contributed by atoms with Gasteiger partial charge in [-0.05, 0) is 35.9 Å². The Hall–Kier alpha value is -3.59. The van der Waals surface area contributed by atoms with Crippen LogP contribution >= 0.6 is 0 Å². The van der Waals surface area contributed by atoms with E-state index in [1.54, 1.807) is 30.3 Å². The third-order valence-electron chi connectivity index (χ3n) is 3.54. The largest absolute Gasteiger partial charge is 0.493 e. The highest BCUT2D eigenvalue weighted by atomic mass is 16.5. The lowest BCUT2D eigenvalue weighted by molar-refractivity contribution is -0.137. The van der Waals surface area contributed by atoms with Crippen LogP contribution in [0.3, 0.4) is 0 Å². The number of aliphatic carboxylic acids is 1. The van der Waals surface area contributed by atoms with Gasteiger partial charge in [0.1, 0.15) is 17.6 Å². The summed E-state index contributed by atoms with van der Waals surface area (Å²) in [6.45, 7) is 0.118. The molecule has 0 saturated heterocycles. The normalized spacial score (nSPS) is 11.2. The molecule has 0 atom stereocenters. The molecular formula is C19H15N3O3. The van der Waals surface area contributed by atoms with E-state index >= 15 is 0 Å². The van der Waals surface area contributed by atoms with Gasteiger partial charge in [0.15, 0.2) is 0 Å². The maximum Gasteiger partial charge on any atom is 0.306 e. The number of hydrogen-bond donors (Lipinski definition) is 2. The number of para-hydroxylation sites is 2. The molecule has 0 spiro atoms. The van der Waals surface area contributed by atoms with Gasteiger partial charge in [-0.1, -0.05) is 24.3 Å². The first kappa shape index (κ1) is 16.3. The Morgan fingerprint density at radius 1 is 1.24 bits per heavy atom. The van der Waals surface area contributed by atoms with Crippen LogP contribution < -0.4 is 4.74 Å². The van der Waals surface area contributed by atoms with Crippen LogP contribution in [-0.2, 0) is 4.79 Å². The van der Waals surface area contributed by atoms with Crippen molar-refractivity contribution in [2.75, 3.05) is 6.61 Å². The van der Waals surface area contributed by atoms with E-state index < -0.39 is 5.97 Å². The van der Waals surface area contributed by atoms with Gasteiger partial charge in [-0.3, -0.25) is 4.79 Å². The van der Waals surface area contributed by atoms with Crippen LogP contribution in [0, 0.1) is 11.3 Å². The summed E-state index contributed by atoms with van der Waals surface area (Å²) in [7, 11) is 0. The first-order valence-corrected chi connectivity index (χ1v) is 7.67. The number of nitrogens with zero attached hydrogens (tertiary/aromatic N) is 2. The number of ether oxygens (including phenoxy) is 1. The molecule has 2 aromatic carbocycles. The van der Waals surface area contributed by atoms with Gasteiger partial charge in [0.25, 0.3) is 0 Å². The Labute approximate surface area is 144 Å². The van der Waals surface area contributed by atoms with E-state index in [2.05, 4.69) is 16.0 Å². The Morgan fingerprint density at radius 2 is 2.00 bits per heavy atom. The van der Waals surface area contributed by atoms with Crippen molar-refractivity contribution in [2.24, 2.45) is 0 Å². The molecule has 1 heterocycles. The Bertz CT molecular complexity index is 932. The number of nitriles is 1. The number of nitrogens with one attached hydrogen (secondary N) is 1. The second kappa shape index (κ2) is 7.32. The Balaban J connectivity index is 1.78. The van der Waals surface area contributed by atoms with Crippen molar-refractivity contribution in [2.45, 2.75) is 6.42 Å². The highest BCUT2D eigenvalue weighted by Gasteiger charge is 2.07. The van der Waals surface area contributed by atoms with Gasteiger partial charge in [0.05, 0.1) is 29.6 Å². The maximum absolute atomic E-state index is 10.5. The van der Waals surface area contributed by atoms with Crippen LogP contribution in [0.2, 0.25) is 0 Å². The van der Waals surface area contributed by atoms with E-state index in [4.69, 9.17) is 9.84 Å². The first-order valence-electron chi connectivity index (χ1n) is 7.67. The van der Waals surface area contributed by atoms with Crippen molar-refractivity contribution < 1.29 is 14.6 Å². The number of aromatic amines is 1. The number of rotatable bonds is 6. The summed E-state index contributed by atoms with van der Waals surface area (Å²) < 4.78 is 5.34. The third kappa shape index (κ3) is 4.03. The van der Waals surface area contributed by atoms with Gasteiger partial charge in [0.2, 0.25) is 0 Å². The molecule has 0 aliphatic carbocycles. The van der Waals surface area contributed by atoms with Crippen molar-refractivity contribution in [3.8, 4) is 11.8 Å². The van der Waals surface area contributed by atoms with Gasteiger partial charge in [0, 0.05) is 0 Å². The number of fused-ring (bicyclic) bond motifs is 1. The number of allylic oxidation sites excluding steroid dienone is 1. The SMILES string of the molecule is N#C/C(=C/c1ccc(OCCC(=O)O)cc1)c1nc2ccccc2[nH]1. The van der Waals surface area contributed by atoms with Crippen molar-refractivity contribution in [1.29, 1.82) is 5.26 Å². The summed E-state index contributed by atoms with van der Waals surface area (Å²) in [6.07, 6.45) is 1.69. The molecule has 3 rings (SSSR count). The topological polar surface area (TPSA) is 99.0 Å². The molecule has 6 heteroatoms. The van der Waals surface area contributed by atoms with Gasteiger partial charge >= 0.3 is 5.97 Å². The van der Waals surface area contributed by atoms with Gasteiger partial charge in [-0.2, -0.15) is 5.26 Å². The number of hydrogen-bond acceptors (Lipinski definition) is 4. The minimum atomic E-state index is -0.899. The molecule has 1 aromatic heterocycles. The highest BCUT2D eigenvalue weighted by molar-refractivity contribution is 5.90. The summed E-state index contributed by atoms with van der Waals surface area (Å²) >= 11 is 0. The van der Waals surface area contributed by atoms with Gasteiger partial charge in [-0.25, -0.2) is 4.98 Å². The number of carbonyl (C=O) groups is 1. The number of carboxylic acid groups (broad SMARTS) is 1. The maximum atomic E-state index is 10.5. The zero-order valence-electron chi connectivity index (χ0n) is 13.3. The minimum Gasteiger partial charge on any atom is -0.493 e. The monoisotopic (exact) mass is 333 g/mol. The molecule has 6 nitrogen and oxygen atoms in total. The molecule has 0 bridgehead atoms. The number of benzene rings is 2. The van der Waals surface area contributed by atoms with Crippen LogP contribution in [0.5, 0.6) is 5.75 Å². The summed E-state index contributed by atoms with van der Waals surface area (Å²) in [5, 5.41) is 18.0. The molecule has 3 aromatic rings. The van der Waals surface area contributed by atoms with Gasteiger partial charge < -0.3 is 14.8 Å². The number of imidazole rings is 1. The lowest BCUT2D eigenvalue weighted by Gasteiger charge is -2.04. The second-order valence-corrected chi connectivity index (χ2v) is 5.33. The lowest BCUT2D eigenvalue weighted by Crippen LogP contribution is -2.04. The van der Waals surface area contributed by atoms with E-state index in [0.29, 0.717) is 17.1 Å². The molecule has 0 aliphatic heterocycles. The molecule has 0 radical (unpaired) electrons. The summed E-state index contributed by atoms with van der Waals surface area (Å²) in [5.41, 5.74) is 2.93. The molecule has 2 N–H and O–H groups in total. The molecule has 0 saturated carbocycles. The molecule has 0 amide bonds. The van der Waals surface area contributed by atoms with Crippen molar-refractivity contribution in [3.05, 3.63) is 59.9 Å². The van der Waals surface area contributed by atoms with Crippen molar-refractivity contribution >= 4 is 28.7 Å². The van der Waals surface area contributed by atoms with Crippen LogP contribution in [0.15, 0.2) is 48.5 Å². The lowest BCUT2D eigenvalue weighted by atomic mass is 10.1. The molecule has 25 heavy (non-hydrogen) atoms. The Kier molecular flexibility index (Phi) is 4.77. The first-order chi connectivity index (χ1) is 12.2. The summed E-state index contributed by atoms with van der Waals surface area (Å²) in [4.78, 5) is 18.0. The predicted octanol–water partition coefficient (Wildman–Crippen LogP) is 3.48. The molecular weight excluding hydrogens is 318 g/mol. The number of aromatic nitrogens is 2. The van der Waals surface area contributed by atoms with E-state index in [1.165, 1.54) is 0 Å². The molecule has 0 aliphatic rings. The standard InChI is InChI=1S/C19H15N3O3/c20-12-14(19-21-16-3-1-2-4-17(16)22-19)11-13-5-7-15(8-6-13)25-10-9-18(23)24/h1-8,11H,9-10H2,(H,21,22)(H,23,24)/b14-11-. The molecule has 124 valence electrons. The van der Waals surface area contributed by atoms with E-state index in [-0.39, 0.29) is 13.0 Å². The zero-order chi connectivity index (χ0) is 17.6. The van der Waals surface area contributed by atoms with E-state index in [9.17, 15) is 10.1 Å². The van der Waals surface area contributed by atoms with E-state index in [1.807, 2.05) is 24.3 Å². The van der Waals surface area contributed by atoms with Crippen LogP contribution in [0.1, 0.15) is 17.8 Å². The minimum absolute atomic E-state index is 0.0493. The smallest absolute Gasteiger partial charge is 0.306 e. The van der Waals surface area contributed by atoms with Crippen LogP contribution in [0.4, 0.5) is 0 Å². The third-order valence-corrected chi connectivity index (χ3v) is 3.54. The quantitative estimate of drug-likeness (QED) is 0.673. The average molecular weight is 333 g/mol.